The highest BCUT2D eigenvalue weighted by molar-refractivity contribution is 5.72. The number of aliphatic carboxylic acids is 1. The summed E-state index contributed by atoms with van der Waals surface area (Å²) in [6, 6.07) is -0.617. The number of allylic oxidation sites excluding steroid dienone is 10. The molecule has 0 spiro atoms. The van der Waals surface area contributed by atoms with Crippen LogP contribution in [-0.2, 0) is 28.6 Å². The number of ether oxygens (including phenoxy) is 3. The Morgan fingerprint density at radius 1 is 0.612 bits per heavy atom. The predicted molar refractivity (Wildman–Crippen MR) is 201 cm³/mol. The second-order valence-corrected chi connectivity index (χ2v) is 13.6. The number of quaternary nitrogens is 1. The first-order valence-corrected chi connectivity index (χ1v) is 18.9. The average Bonchev–Trinajstić information content (AvgIpc) is 3.05. The third-order valence-corrected chi connectivity index (χ3v) is 8.03. The van der Waals surface area contributed by atoms with Crippen molar-refractivity contribution in [2.24, 2.45) is 0 Å². The first-order valence-electron chi connectivity index (χ1n) is 18.9. The molecule has 0 radical (unpaired) electrons. The molecule has 0 aromatic carbocycles. The van der Waals surface area contributed by atoms with E-state index >= 15 is 0 Å². The van der Waals surface area contributed by atoms with Gasteiger partial charge in [-0.05, 0) is 32.1 Å². The van der Waals surface area contributed by atoms with Gasteiger partial charge in [-0.2, -0.15) is 0 Å². The lowest BCUT2D eigenvalue weighted by Gasteiger charge is -2.31. The summed E-state index contributed by atoms with van der Waals surface area (Å²) in [4.78, 5) is 36.6. The zero-order valence-electron chi connectivity index (χ0n) is 31.6. The largest absolute Gasteiger partial charge is 0.477 e. The lowest BCUT2D eigenvalue weighted by molar-refractivity contribution is -0.887. The number of carboxylic acids is 1. The Hall–Kier alpha value is -2.97. The van der Waals surface area contributed by atoms with Crippen LogP contribution < -0.4 is 0 Å². The molecule has 0 aliphatic heterocycles. The van der Waals surface area contributed by atoms with Gasteiger partial charge in [-0.25, -0.2) is 4.79 Å². The summed E-state index contributed by atoms with van der Waals surface area (Å²) in [5, 5.41) is 9.56. The van der Waals surface area contributed by atoms with Crippen LogP contribution in [0.25, 0.3) is 0 Å². The van der Waals surface area contributed by atoms with Gasteiger partial charge in [-0.15, -0.1) is 0 Å². The molecular formula is C41H70NO7+. The van der Waals surface area contributed by atoms with E-state index in [2.05, 4.69) is 38.2 Å². The average molecular weight is 689 g/mol. The molecule has 0 aliphatic rings. The van der Waals surface area contributed by atoms with Crippen LogP contribution in [0.15, 0.2) is 60.8 Å². The van der Waals surface area contributed by atoms with Crippen LogP contribution in [0.5, 0.6) is 0 Å². The van der Waals surface area contributed by atoms with E-state index in [-0.39, 0.29) is 36.2 Å². The van der Waals surface area contributed by atoms with E-state index in [1.807, 2.05) is 57.6 Å². The lowest BCUT2D eigenvalue weighted by atomic mass is 10.1. The number of esters is 2. The quantitative estimate of drug-likeness (QED) is 0.0325. The highest BCUT2D eigenvalue weighted by atomic mass is 16.6. The molecule has 2 unspecified atom stereocenters. The molecular weight excluding hydrogens is 618 g/mol. The molecule has 0 rings (SSSR count). The van der Waals surface area contributed by atoms with E-state index in [0.29, 0.717) is 19.3 Å². The van der Waals surface area contributed by atoms with Crippen molar-refractivity contribution in [2.75, 3.05) is 41.0 Å². The first kappa shape index (κ1) is 46.0. The maximum Gasteiger partial charge on any atom is 0.362 e. The SMILES string of the molecule is CCC/C=C/C=C/C=C/C=C/C=C/CCCCCCCC(=O)OCC(COCCC(C(=O)O)[N+](C)(C)C)OC(=O)CCCCCCCCC. The number of unbranched alkanes of at least 4 members (excludes halogenated alkanes) is 12. The molecule has 8 nitrogen and oxygen atoms in total. The lowest BCUT2D eigenvalue weighted by Crippen LogP contribution is -2.50. The summed E-state index contributed by atoms with van der Waals surface area (Å²) in [5.41, 5.74) is 0. The number of hydrogen-bond donors (Lipinski definition) is 1. The minimum Gasteiger partial charge on any atom is -0.477 e. The summed E-state index contributed by atoms with van der Waals surface area (Å²) in [6.07, 6.45) is 37.0. The van der Waals surface area contributed by atoms with Crippen LogP contribution in [-0.4, -0.2) is 80.6 Å². The highest BCUT2D eigenvalue weighted by Crippen LogP contribution is 2.12. The third-order valence-electron chi connectivity index (χ3n) is 8.03. The summed E-state index contributed by atoms with van der Waals surface area (Å²) in [5.74, 6) is -1.52. The van der Waals surface area contributed by atoms with E-state index in [1.165, 1.54) is 32.1 Å². The molecule has 49 heavy (non-hydrogen) atoms. The summed E-state index contributed by atoms with van der Waals surface area (Å²) < 4.78 is 17.1. The van der Waals surface area contributed by atoms with Gasteiger partial charge in [0.25, 0.3) is 0 Å². The van der Waals surface area contributed by atoms with Crippen molar-refractivity contribution in [3.63, 3.8) is 0 Å². The van der Waals surface area contributed by atoms with Crippen LogP contribution in [0.1, 0.15) is 129 Å². The van der Waals surface area contributed by atoms with Gasteiger partial charge in [0.15, 0.2) is 12.1 Å². The Morgan fingerprint density at radius 2 is 1.12 bits per heavy atom. The van der Waals surface area contributed by atoms with Gasteiger partial charge in [0.2, 0.25) is 0 Å². The third kappa shape index (κ3) is 30.8. The summed E-state index contributed by atoms with van der Waals surface area (Å²) in [7, 11) is 5.49. The smallest absolute Gasteiger partial charge is 0.362 e. The molecule has 0 aromatic rings. The fourth-order valence-electron chi connectivity index (χ4n) is 5.06. The Labute approximate surface area is 298 Å². The van der Waals surface area contributed by atoms with Gasteiger partial charge >= 0.3 is 17.9 Å². The molecule has 0 saturated carbocycles. The number of nitrogens with zero attached hydrogens (tertiary/aromatic N) is 1. The highest BCUT2D eigenvalue weighted by Gasteiger charge is 2.31. The van der Waals surface area contributed by atoms with Gasteiger partial charge in [0, 0.05) is 19.3 Å². The van der Waals surface area contributed by atoms with Crippen molar-refractivity contribution in [3.8, 4) is 0 Å². The van der Waals surface area contributed by atoms with Gasteiger partial charge in [-0.1, -0.05) is 139 Å². The molecule has 0 aromatic heterocycles. The van der Waals surface area contributed by atoms with Gasteiger partial charge in [0.05, 0.1) is 34.4 Å². The zero-order chi connectivity index (χ0) is 36.4. The number of carbonyl (C=O) groups excluding carboxylic acids is 2. The van der Waals surface area contributed by atoms with Crippen molar-refractivity contribution < 1.29 is 38.2 Å². The number of carbonyl (C=O) groups is 3. The van der Waals surface area contributed by atoms with Gasteiger partial charge in [0.1, 0.15) is 6.61 Å². The molecule has 1 N–H and O–H groups in total. The zero-order valence-corrected chi connectivity index (χ0v) is 31.6. The maximum absolute atomic E-state index is 12.5. The molecule has 0 saturated heterocycles. The van der Waals surface area contributed by atoms with E-state index in [9.17, 15) is 19.5 Å². The monoisotopic (exact) mass is 689 g/mol. The van der Waals surface area contributed by atoms with E-state index in [4.69, 9.17) is 14.2 Å². The van der Waals surface area contributed by atoms with Crippen molar-refractivity contribution in [2.45, 2.75) is 142 Å². The number of likely N-dealkylation sites (N-methyl/N-ethyl adjacent to an activating group) is 1. The fraction of sp³-hybridized carbons (Fsp3) is 0.683. The minimum atomic E-state index is -0.883. The van der Waals surface area contributed by atoms with Gasteiger partial charge < -0.3 is 23.8 Å². The second kappa shape index (κ2) is 32.2. The molecule has 280 valence electrons. The van der Waals surface area contributed by atoms with Crippen molar-refractivity contribution in [3.05, 3.63) is 60.8 Å². The van der Waals surface area contributed by atoms with Crippen molar-refractivity contribution in [1.29, 1.82) is 0 Å². The number of carboxylic acid groups (broad SMARTS) is 1. The number of rotatable bonds is 32. The maximum atomic E-state index is 12.5. The molecule has 0 aliphatic carbocycles. The van der Waals surface area contributed by atoms with E-state index in [1.54, 1.807) is 0 Å². The predicted octanol–water partition coefficient (Wildman–Crippen LogP) is 9.46. The standard InChI is InChI=1S/C41H69NO7/c1-6-8-10-12-14-15-16-17-18-19-20-21-22-23-24-26-27-29-31-39(43)48-36-37(35-47-34-33-38(41(45)46)42(3,4)5)49-40(44)32-30-28-25-13-11-9-7-2/h10,12,14-21,37-38H,6-9,11,13,22-36H2,1-5H3/p+1/b12-10+,15-14+,17-16+,19-18+,21-20+. The first-order chi connectivity index (χ1) is 23.6. The fourth-order valence-corrected chi connectivity index (χ4v) is 5.06. The van der Waals surface area contributed by atoms with Gasteiger partial charge in [-0.3, -0.25) is 9.59 Å². The van der Waals surface area contributed by atoms with Crippen LogP contribution in [0.4, 0.5) is 0 Å². The van der Waals surface area contributed by atoms with Crippen LogP contribution in [0.3, 0.4) is 0 Å². The molecule has 0 bridgehead atoms. The Morgan fingerprint density at radius 3 is 1.67 bits per heavy atom. The molecule has 0 amide bonds. The van der Waals surface area contributed by atoms with E-state index in [0.717, 1.165) is 64.2 Å². The van der Waals surface area contributed by atoms with Crippen molar-refractivity contribution >= 4 is 17.9 Å². The van der Waals surface area contributed by atoms with Crippen LogP contribution >= 0.6 is 0 Å². The summed E-state index contributed by atoms with van der Waals surface area (Å²) >= 11 is 0. The van der Waals surface area contributed by atoms with Crippen molar-refractivity contribution in [1.82, 2.24) is 0 Å². The topological polar surface area (TPSA) is 99.1 Å². The summed E-state index contributed by atoms with van der Waals surface area (Å²) in [6.45, 7) is 4.55. The molecule has 0 heterocycles. The Balaban J connectivity index is 4.39. The second-order valence-electron chi connectivity index (χ2n) is 13.6. The Bertz CT molecular complexity index is 990. The molecule has 0 fully saturated rings. The van der Waals surface area contributed by atoms with Crippen LogP contribution in [0.2, 0.25) is 0 Å². The van der Waals surface area contributed by atoms with Crippen LogP contribution in [0, 0.1) is 0 Å². The normalized spacial score (nSPS) is 13.7. The molecule has 2 atom stereocenters. The minimum absolute atomic E-state index is 0.0504. The molecule has 8 heteroatoms. The number of hydrogen-bond acceptors (Lipinski definition) is 6. The Kier molecular flexibility index (Phi) is 30.3. The van der Waals surface area contributed by atoms with E-state index < -0.39 is 18.1 Å².